The van der Waals surface area contributed by atoms with E-state index in [-0.39, 0.29) is 11.5 Å². The minimum atomic E-state index is -2.86. The lowest BCUT2D eigenvalue weighted by Crippen LogP contribution is -2.43. The maximum atomic E-state index is 15.2. The summed E-state index contributed by atoms with van der Waals surface area (Å²) in [6, 6.07) is 2.53. The summed E-state index contributed by atoms with van der Waals surface area (Å²) in [5.74, 6) is -2.66. The molecule has 1 aromatic carbocycles. The number of hydrogen-bond donors (Lipinski definition) is 3. The number of carboxylic acid groups (broad SMARTS) is 1. The molecule has 15 heteroatoms. The fourth-order valence-corrected chi connectivity index (χ4v) is 3.85. The number of aliphatic carboxylic acids is 1. The second kappa shape index (κ2) is 9.97. The van der Waals surface area contributed by atoms with Crippen LogP contribution in [0.1, 0.15) is 20.1 Å². The minimum absolute atomic E-state index is 0.257. The number of alkyl halides is 1. The molecule has 1 aliphatic rings. The van der Waals surface area contributed by atoms with Crippen LogP contribution in [-0.2, 0) is 9.53 Å². The fraction of sp³-hybridized carbons (Fsp3) is 0.421. The summed E-state index contributed by atoms with van der Waals surface area (Å²) >= 11 is 0. The lowest BCUT2D eigenvalue weighted by atomic mass is 9.98. The third-order valence-electron chi connectivity index (χ3n) is 4.93. The summed E-state index contributed by atoms with van der Waals surface area (Å²) in [5, 5.41) is 19.2. The van der Waals surface area contributed by atoms with E-state index in [2.05, 4.69) is 4.74 Å². The largest absolute Gasteiger partial charge is 0.575 e. The summed E-state index contributed by atoms with van der Waals surface area (Å²) in [6.07, 6.45) is -3.75. The molecule has 0 aliphatic carbocycles. The van der Waals surface area contributed by atoms with Crippen molar-refractivity contribution >= 4 is 14.1 Å². The number of aliphatic hydroxyl groups excluding tert-OH is 1. The third kappa shape index (κ3) is 5.47. The van der Waals surface area contributed by atoms with Crippen LogP contribution in [0, 0.1) is 5.82 Å². The first-order valence-electron chi connectivity index (χ1n) is 9.75. The van der Waals surface area contributed by atoms with Crippen molar-refractivity contribution in [3.8, 4) is 11.5 Å². The van der Waals surface area contributed by atoms with Gasteiger partial charge in [0.2, 0.25) is 5.75 Å². The molecule has 34 heavy (non-hydrogen) atoms. The quantitative estimate of drug-likeness (QED) is 0.432. The predicted octanol–water partition coefficient (Wildman–Crippen LogP) is 0.449. The molecule has 1 unspecified atom stereocenters. The highest BCUT2D eigenvalue weighted by molar-refractivity contribution is 7.34. The highest BCUT2D eigenvalue weighted by atomic mass is 31.1. The first-order chi connectivity index (χ1) is 15.9. The first-order valence-corrected chi connectivity index (χ1v) is 10.9. The van der Waals surface area contributed by atoms with Gasteiger partial charge in [0.15, 0.2) is 23.7 Å². The summed E-state index contributed by atoms with van der Waals surface area (Å²) in [5.41, 5.74) is -4.15. The number of ether oxygens (including phenoxy) is 2. The van der Waals surface area contributed by atoms with E-state index < -0.39 is 68.0 Å². The van der Waals surface area contributed by atoms with Crippen LogP contribution < -0.4 is 25.4 Å². The average Bonchev–Trinajstić information content (AvgIpc) is 2.97. The Morgan fingerprint density at radius 2 is 2.12 bits per heavy atom. The van der Waals surface area contributed by atoms with E-state index >= 15 is 4.39 Å². The van der Waals surface area contributed by atoms with Crippen molar-refractivity contribution in [2.75, 3.05) is 6.61 Å². The fourth-order valence-electron chi connectivity index (χ4n) is 3.10. The van der Waals surface area contributed by atoms with Crippen molar-refractivity contribution in [1.82, 2.24) is 9.55 Å². The number of aromatic nitrogens is 2. The number of nitrogens with zero attached hydrogens (tertiary/aromatic N) is 2. The van der Waals surface area contributed by atoms with Crippen LogP contribution in [0.25, 0.3) is 0 Å². The molecule has 3 rings (SSSR count). The van der Waals surface area contributed by atoms with Gasteiger partial charge in [0, 0.05) is 18.3 Å². The summed E-state index contributed by atoms with van der Waals surface area (Å²) in [4.78, 5) is 48.1. The van der Waals surface area contributed by atoms with Gasteiger partial charge in [-0.15, -0.1) is 0 Å². The number of halogens is 2. The molecule has 12 nitrogen and oxygen atoms in total. The van der Waals surface area contributed by atoms with Crippen LogP contribution in [0.3, 0.4) is 0 Å². The topological polar surface area (TPSA) is 175 Å². The zero-order valence-electron chi connectivity index (χ0n) is 17.8. The number of aliphatic hydroxyl groups is 1. The number of nitrogens with one attached hydrogen (secondary N) is 1. The van der Waals surface area contributed by atoms with Crippen molar-refractivity contribution in [3.63, 3.8) is 0 Å². The Hall–Kier alpha value is -3.19. The molecule has 0 spiro atoms. The van der Waals surface area contributed by atoms with Crippen molar-refractivity contribution in [1.29, 1.82) is 0 Å². The van der Waals surface area contributed by atoms with Crippen molar-refractivity contribution in [3.05, 3.63) is 57.1 Å². The number of rotatable bonds is 8. The van der Waals surface area contributed by atoms with Gasteiger partial charge in [-0.2, -0.15) is 0 Å². The molecule has 1 aromatic heterocycles. The zero-order chi connectivity index (χ0) is 25.2. The molecule has 2 aromatic rings. The molecule has 1 fully saturated rings. The molecule has 0 radical (unpaired) electrons. The smallest absolute Gasteiger partial charge is 0.395 e. The molecular weight excluding hydrogens is 483 g/mol. The summed E-state index contributed by atoms with van der Waals surface area (Å²) < 4.78 is 49.1. The van der Waals surface area contributed by atoms with Gasteiger partial charge in [-0.05, 0) is 26.0 Å². The zero-order valence-corrected chi connectivity index (χ0v) is 18.6. The van der Waals surface area contributed by atoms with Gasteiger partial charge >= 0.3 is 19.8 Å². The van der Waals surface area contributed by atoms with E-state index in [0.717, 1.165) is 42.0 Å². The minimum Gasteiger partial charge on any atom is -0.575 e. The van der Waals surface area contributed by atoms with E-state index in [1.165, 1.54) is 6.92 Å². The van der Waals surface area contributed by atoms with Crippen molar-refractivity contribution in [2.24, 2.45) is 4.74 Å². The highest BCUT2D eigenvalue weighted by Gasteiger charge is 2.55. The van der Waals surface area contributed by atoms with Crippen LogP contribution in [-0.4, -0.2) is 56.3 Å². The van der Waals surface area contributed by atoms with Gasteiger partial charge in [-0.25, -0.2) is 18.4 Å². The van der Waals surface area contributed by atoms with Crippen LogP contribution in [0.4, 0.5) is 8.78 Å². The van der Waals surface area contributed by atoms with Gasteiger partial charge in [0.1, 0.15) is 24.6 Å². The van der Waals surface area contributed by atoms with E-state index in [0.29, 0.717) is 0 Å². The Balaban J connectivity index is 1.78. The number of aromatic amines is 1. The second-order valence-electron chi connectivity index (χ2n) is 7.50. The van der Waals surface area contributed by atoms with Gasteiger partial charge < -0.3 is 24.6 Å². The monoisotopic (exact) mass is 503 g/mol. The van der Waals surface area contributed by atoms with Crippen LogP contribution in [0.2, 0.25) is 0 Å². The molecule has 1 aliphatic heterocycles. The number of benzene rings is 1. The molecule has 2 heterocycles. The van der Waals surface area contributed by atoms with Crippen LogP contribution in [0.5, 0.6) is 11.5 Å². The van der Waals surface area contributed by atoms with Crippen molar-refractivity contribution < 1.29 is 42.7 Å². The lowest BCUT2D eigenvalue weighted by Gasteiger charge is -2.24. The molecule has 6 atom stereocenters. The Kier molecular flexibility index (Phi) is 7.46. The molecular formula is C19H20F2N3O9P. The predicted molar refractivity (Wildman–Crippen MR) is 110 cm³/mol. The molecule has 0 saturated carbocycles. The number of hydrogen-bond acceptors (Lipinski definition) is 9. The number of H-pyrrole nitrogens is 1. The Morgan fingerprint density at radius 1 is 1.41 bits per heavy atom. The van der Waals surface area contributed by atoms with E-state index in [9.17, 15) is 28.8 Å². The third-order valence-corrected chi connectivity index (χ3v) is 5.82. The molecule has 184 valence electrons. The van der Waals surface area contributed by atoms with E-state index in [4.69, 9.17) is 19.1 Å². The van der Waals surface area contributed by atoms with Gasteiger partial charge in [0.25, 0.3) is 5.56 Å². The Bertz CT molecular complexity index is 1220. The van der Waals surface area contributed by atoms with Gasteiger partial charge in [-0.1, -0.05) is 4.74 Å². The Morgan fingerprint density at radius 3 is 2.76 bits per heavy atom. The number of carbonyl (C=O) groups is 1. The summed E-state index contributed by atoms with van der Waals surface area (Å²) in [6.45, 7) is 1.62. The molecule has 1 saturated heterocycles. The SMILES string of the molecule is C[C@H](N=[P+]([O-])Oc1ccc(F)cc1OC[C@H]1O[C@@H](n2ccc(=O)[nH]c2=O)[C@](C)(F)[C@@H]1O)C(=O)O. The van der Waals surface area contributed by atoms with E-state index in [1.807, 2.05) is 4.98 Å². The normalized spacial score (nSPS) is 25.7. The average molecular weight is 503 g/mol. The molecule has 0 amide bonds. The highest BCUT2D eigenvalue weighted by Crippen LogP contribution is 2.41. The lowest BCUT2D eigenvalue weighted by molar-refractivity contribution is -0.169. The van der Waals surface area contributed by atoms with Crippen LogP contribution >= 0.6 is 8.17 Å². The van der Waals surface area contributed by atoms with Gasteiger partial charge in [-0.3, -0.25) is 18.9 Å². The number of carboxylic acids is 1. The van der Waals surface area contributed by atoms with Gasteiger partial charge in [0.05, 0.1) is 0 Å². The van der Waals surface area contributed by atoms with E-state index in [1.54, 1.807) is 0 Å². The van der Waals surface area contributed by atoms with Crippen molar-refractivity contribution in [2.45, 2.75) is 44.0 Å². The molecule has 0 bridgehead atoms. The first kappa shape index (κ1) is 25.4. The standard InChI is InChI=1S/C19H20F2N3O9P/c1-9(16(27)28)23-34(30)33-11-4-3-10(20)7-12(11)31-8-13-15(26)19(2,21)17(32-13)24-6-5-14(25)22-18(24)29/h3-7,9,13,15,17,26H,8H2,1-2H3,(H,27,28)(H,22,25,29)/t9-,13+,15+,17+,19+/m0/s1. The van der Waals surface area contributed by atoms with Crippen LogP contribution in [0.15, 0.2) is 44.8 Å². The molecule has 3 N–H and O–H groups in total. The maximum Gasteiger partial charge on any atom is 0.395 e. The maximum absolute atomic E-state index is 15.2. The summed E-state index contributed by atoms with van der Waals surface area (Å²) in [7, 11) is -2.86. The second-order valence-corrected chi connectivity index (χ2v) is 8.39. The Labute approximate surface area is 191 Å².